The van der Waals surface area contributed by atoms with Gasteiger partial charge in [0, 0.05) is 36.9 Å². The first-order valence-electron chi connectivity index (χ1n) is 9.77. The predicted octanol–water partition coefficient (Wildman–Crippen LogP) is 3.88. The van der Waals surface area contributed by atoms with Crippen LogP contribution in [0, 0.1) is 5.92 Å². The first-order chi connectivity index (χ1) is 12.6. The zero-order chi connectivity index (χ0) is 20.0. The highest BCUT2D eigenvalue weighted by molar-refractivity contribution is 5.95. The molecule has 1 aromatic rings. The molecule has 1 fully saturated rings. The Morgan fingerprint density at radius 3 is 2.70 bits per heavy atom. The number of rotatable bonds is 5. The fourth-order valence-corrected chi connectivity index (χ4v) is 3.22. The van der Waals surface area contributed by atoms with Crippen LogP contribution in [0.15, 0.2) is 24.3 Å². The van der Waals surface area contributed by atoms with Crippen molar-refractivity contribution >= 4 is 17.7 Å². The number of ether oxygens (including phenoxy) is 1. The minimum Gasteiger partial charge on any atom is -0.444 e. The normalized spacial score (nSPS) is 17.6. The number of piperidine rings is 1. The van der Waals surface area contributed by atoms with E-state index in [-0.39, 0.29) is 11.8 Å². The average molecular weight is 376 g/mol. The molecule has 0 saturated carbocycles. The molecule has 150 valence electrons. The van der Waals surface area contributed by atoms with Crippen molar-refractivity contribution in [3.05, 3.63) is 29.8 Å². The van der Waals surface area contributed by atoms with Crippen LogP contribution in [0.4, 0.5) is 10.5 Å². The van der Waals surface area contributed by atoms with Gasteiger partial charge in [-0.05, 0) is 71.6 Å². The summed E-state index contributed by atoms with van der Waals surface area (Å²) in [6.45, 7) is 11.6. The Balaban J connectivity index is 1.91. The highest BCUT2D eigenvalue weighted by Crippen LogP contribution is 2.20. The van der Waals surface area contributed by atoms with E-state index >= 15 is 0 Å². The average Bonchev–Trinajstić information content (AvgIpc) is 2.58. The first kappa shape index (κ1) is 21.1. The standard InChI is InChI=1S/C21H33N3O3/c1-15(2)23-18-10-6-9-17(12-18)19(25)24-11-7-8-16(14-24)13-22-20(26)27-21(3,4)5/h6,9-10,12,15-16,23H,7-8,11,13-14H2,1-5H3,(H,22,26). The lowest BCUT2D eigenvalue weighted by atomic mass is 9.97. The first-order valence-corrected chi connectivity index (χ1v) is 9.77. The lowest BCUT2D eigenvalue weighted by Gasteiger charge is -2.33. The lowest BCUT2D eigenvalue weighted by molar-refractivity contribution is 0.0502. The summed E-state index contributed by atoms with van der Waals surface area (Å²) in [5.74, 6) is 0.288. The summed E-state index contributed by atoms with van der Waals surface area (Å²) in [6.07, 6.45) is 1.53. The zero-order valence-electron chi connectivity index (χ0n) is 17.2. The fourth-order valence-electron chi connectivity index (χ4n) is 3.22. The van der Waals surface area contributed by atoms with E-state index in [1.165, 1.54) is 0 Å². The van der Waals surface area contributed by atoms with Crippen molar-refractivity contribution in [1.82, 2.24) is 10.2 Å². The second-order valence-corrected chi connectivity index (χ2v) is 8.52. The van der Waals surface area contributed by atoms with E-state index in [9.17, 15) is 9.59 Å². The summed E-state index contributed by atoms with van der Waals surface area (Å²) >= 11 is 0. The summed E-state index contributed by atoms with van der Waals surface area (Å²) in [7, 11) is 0. The van der Waals surface area contributed by atoms with E-state index in [1.807, 2.05) is 49.9 Å². The van der Waals surface area contributed by atoms with Crippen LogP contribution in [0.5, 0.6) is 0 Å². The predicted molar refractivity (Wildman–Crippen MR) is 108 cm³/mol. The monoisotopic (exact) mass is 375 g/mol. The summed E-state index contributed by atoms with van der Waals surface area (Å²) in [4.78, 5) is 26.6. The number of carbonyl (C=O) groups excluding carboxylic acids is 2. The van der Waals surface area contributed by atoms with Gasteiger partial charge in [0.15, 0.2) is 0 Å². The van der Waals surface area contributed by atoms with Crippen molar-refractivity contribution in [3.63, 3.8) is 0 Å². The van der Waals surface area contributed by atoms with Crippen LogP contribution >= 0.6 is 0 Å². The summed E-state index contributed by atoms with van der Waals surface area (Å²) in [5, 5.41) is 6.16. The van der Waals surface area contributed by atoms with Crippen LogP contribution in [-0.4, -0.2) is 48.2 Å². The molecular weight excluding hydrogens is 342 g/mol. The van der Waals surface area contributed by atoms with Crippen LogP contribution < -0.4 is 10.6 Å². The number of alkyl carbamates (subject to hydrolysis) is 1. The molecule has 1 heterocycles. The van der Waals surface area contributed by atoms with Gasteiger partial charge in [-0.2, -0.15) is 0 Å². The maximum atomic E-state index is 12.9. The SMILES string of the molecule is CC(C)Nc1cccc(C(=O)N2CCCC(CNC(=O)OC(C)(C)C)C2)c1. The molecule has 6 nitrogen and oxygen atoms in total. The van der Waals surface area contributed by atoms with Crippen LogP contribution in [0.2, 0.25) is 0 Å². The molecule has 1 aromatic carbocycles. The molecule has 2 amide bonds. The Morgan fingerprint density at radius 1 is 1.30 bits per heavy atom. The van der Waals surface area contributed by atoms with E-state index in [1.54, 1.807) is 0 Å². The van der Waals surface area contributed by atoms with Gasteiger partial charge in [-0.3, -0.25) is 4.79 Å². The number of hydrogen-bond acceptors (Lipinski definition) is 4. The smallest absolute Gasteiger partial charge is 0.407 e. The molecule has 0 spiro atoms. The van der Waals surface area contributed by atoms with E-state index in [0.717, 1.165) is 25.1 Å². The highest BCUT2D eigenvalue weighted by Gasteiger charge is 2.25. The maximum Gasteiger partial charge on any atom is 0.407 e. The van der Waals surface area contributed by atoms with Crippen molar-refractivity contribution in [2.75, 3.05) is 25.0 Å². The molecule has 1 atom stereocenters. The Kier molecular flexibility index (Phi) is 7.11. The van der Waals surface area contributed by atoms with E-state index in [4.69, 9.17) is 4.74 Å². The number of nitrogens with zero attached hydrogens (tertiary/aromatic N) is 1. The fraction of sp³-hybridized carbons (Fsp3) is 0.619. The lowest BCUT2D eigenvalue weighted by Crippen LogP contribution is -2.44. The Morgan fingerprint density at radius 2 is 2.04 bits per heavy atom. The molecule has 0 bridgehead atoms. The topological polar surface area (TPSA) is 70.7 Å². The third-order valence-corrected chi connectivity index (χ3v) is 4.31. The van der Waals surface area contributed by atoms with Gasteiger partial charge in [-0.25, -0.2) is 4.79 Å². The molecule has 1 aliphatic rings. The number of carbonyl (C=O) groups is 2. The van der Waals surface area contributed by atoms with Crippen molar-refractivity contribution in [3.8, 4) is 0 Å². The minimum absolute atomic E-state index is 0.0457. The number of nitrogens with one attached hydrogen (secondary N) is 2. The maximum absolute atomic E-state index is 12.9. The van der Waals surface area contributed by atoms with Crippen LogP contribution in [0.3, 0.4) is 0 Å². The molecule has 0 aliphatic carbocycles. The molecule has 6 heteroatoms. The van der Waals surface area contributed by atoms with Gasteiger partial charge < -0.3 is 20.3 Å². The van der Waals surface area contributed by atoms with E-state index in [2.05, 4.69) is 24.5 Å². The molecule has 1 saturated heterocycles. The Hall–Kier alpha value is -2.24. The number of anilines is 1. The molecule has 2 N–H and O–H groups in total. The van der Waals surface area contributed by atoms with Gasteiger partial charge >= 0.3 is 6.09 Å². The number of amides is 2. The van der Waals surface area contributed by atoms with Gasteiger partial charge in [-0.1, -0.05) is 6.07 Å². The number of benzene rings is 1. The Labute approximate surface area is 162 Å². The third kappa shape index (κ3) is 7.12. The molecule has 0 aromatic heterocycles. The van der Waals surface area contributed by atoms with Gasteiger partial charge in [0.05, 0.1) is 0 Å². The zero-order valence-corrected chi connectivity index (χ0v) is 17.2. The van der Waals surface area contributed by atoms with Gasteiger partial charge in [0.25, 0.3) is 5.91 Å². The van der Waals surface area contributed by atoms with Crippen LogP contribution in [0.25, 0.3) is 0 Å². The van der Waals surface area contributed by atoms with Gasteiger partial charge in [-0.15, -0.1) is 0 Å². The minimum atomic E-state index is -0.506. The number of hydrogen-bond donors (Lipinski definition) is 2. The third-order valence-electron chi connectivity index (χ3n) is 4.31. The van der Waals surface area contributed by atoms with Crippen LogP contribution in [0.1, 0.15) is 57.8 Å². The second kappa shape index (κ2) is 9.11. The van der Waals surface area contributed by atoms with Crippen LogP contribution in [-0.2, 0) is 4.74 Å². The Bertz CT molecular complexity index is 652. The summed E-state index contributed by atoms with van der Waals surface area (Å²) < 4.78 is 5.28. The van der Waals surface area contributed by atoms with Crippen molar-refractivity contribution in [2.45, 2.75) is 59.1 Å². The summed E-state index contributed by atoms with van der Waals surface area (Å²) in [5.41, 5.74) is 1.14. The van der Waals surface area contributed by atoms with Crippen molar-refractivity contribution in [2.24, 2.45) is 5.92 Å². The molecule has 2 rings (SSSR count). The van der Waals surface area contributed by atoms with E-state index < -0.39 is 11.7 Å². The number of likely N-dealkylation sites (tertiary alicyclic amines) is 1. The molecule has 0 radical (unpaired) electrons. The van der Waals surface area contributed by atoms with Gasteiger partial charge in [0.1, 0.15) is 5.60 Å². The molecule has 1 aliphatic heterocycles. The van der Waals surface area contributed by atoms with Crippen molar-refractivity contribution in [1.29, 1.82) is 0 Å². The largest absolute Gasteiger partial charge is 0.444 e. The van der Waals surface area contributed by atoms with Gasteiger partial charge in [0.2, 0.25) is 0 Å². The summed E-state index contributed by atoms with van der Waals surface area (Å²) in [6, 6.07) is 7.96. The van der Waals surface area contributed by atoms with Crippen molar-refractivity contribution < 1.29 is 14.3 Å². The quantitative estimate of drug-likeness (QED) is 0.819. The molecular formula is C21H33N3O3. The highest BCUT2D eigenvalue weighted by atomic mass is 16.6. The second-order valence-electron chi connectivity index (χ2n) is 8.52. The van der Waals surface area contributed by atoms with E-state index in [0.29, 0.717) is 24.7 Å². The molecule has 1 unspecified atom stereocenters. The molecule has 27 heavy (non-hydrogen) atoms.